The van der Waals surface area contributed by atoms with Crippen molar-refractivity contribution >= 4 is 0 Å². The second kappa shape index (κ2) is 16.3. The quantitative estimate of drug-likeness (QED) is 0.629. The van der Waals surface area contributed by atoms with E-state index in [1.54, 1.807) is 27.7 Å². The molecule has 0 rings (SSSR count). The fourth-order valence-electron chi connectivity index (χ4n) is 0.335. The van der Waals surface area contributed by atoms with E-state index < -0.39 is 0 Å². The Hall–Kier alpha value is -0.160. The predicted octanol–water partition coefficient (Wildman–Crippen LogP) is 1.24. The van der Waals surface area contributed by atoms with E-state index in [1.165, 1.54) is 6.42 Å². The number of hydrogen-bond acceptors (Lipinski definition) is 4. The van der Waals surface area contributed by atoms with Gasteiger partial charge in [-0.15, -0.1) is 0 Å². The molecule has 0 fully saturated rings. The van der Waals surface area contributed by atoms with Crippen LogP contribution in [0.5, 0.6) is 0 Å². The monoisotopic (exact) mass is 222 g/mol. The normalized spacial score (nSPS) is 9.60. The first kappa shape index (κ1) is 20.3. The molecule has 0 aromatic rings. The highest BCUT2D eigenvalue weighted by Gasteiger charge is 1.80. The molecule has 0 radical (unpaired) electrons. The van der Waals surface area contributed by atoms with Crippen molar-refractivity contribution in [3.63, 3.8) is 0 Å². The van der Waals surface area contributed by atoms with Gasteiger partial charge in [-0.1, -0.05) is 6.92 Å². The molecule has 0 saturated carbocycles. The van der Waals surface area contributed by atoms with Gasteiger partial charge in [0.1, 0.15) is 0 Å². The lowest BCUT2D eigenvalue weighted by Gasteiger charge is -2.08. The molecular formula is C11H30N2O2. The van der Waals surface area contributed by atoms with Crippen LogP contribution in [0.3, 0.4) is 0 Å². The maximum absolute atomic E-state index is 8.06. The molecule has 0 bridgehead atoms. The maximum atomic E-state index is 8.06. The third-order valence-electron chi connectivity index (χ3n) is 0.678. The van der Waals surface area contributed by atoms with Crippen molar-refractivity contribution in [1.82, 2.24) is 10.4 Å². The SMILES string of the molecule is CC(C)O.CC(C)O.CCCNN(C)C. The summed E-state index contributed by atoms with van der Waals surface area (Å²) in [6.45, 7) is 10.1. The molecule has 0 atom stereocenters. The lowest BCUT2D eigenvalue weighted by Crippen LogP contribution is -2.30. The maximum Gasteiger partial charge on any atom is 0.0483 e. The number of hydrazine groups is 1. The Bertz CT molecular complexity index is 85.1. The van der Waals surface area contributed by atoms with Crippen LogP contribution in [-0.2, 0) is 0 Å². The molecule has 0 heterocycles. The number of nitrogens with zero attached hydrogens (tertiary/aromatic N) is 1. The lowest BCUT2D eigenvalue weighted by molar-refractivity contribution is 0.215. The third-order valence-corrected chi connectivity index (χ3v) is 0.678. The minimum Gasteiger partial charge on any atom is -0.394 e. The van der Waals surface area contributed by atoms with Crippen LogP contribution in [-0.4, -0.2) is 48.1 Å². The number of hydrogen-bond donors (Lipinski definition) is 3. The first-order chi connectivity index (χ1) is 6.73. The number of aliphatic hydroxyl groups excluding tert-OH is 2. The van der Waals surface area contributed by atoms with Crippen LogP contribution in [0.25, 0.3) is 0 Å². The molecule has 0 aromatic carbocycles. The van der Waals surface area contributed by atoms with Crippen molar-refractivity contribution in [2.24, 2.45) is 0 Å². The van der Waals surface area contributed by atoms with Crippen molar-refractivity contribution in [3.8, 4) is 0 Å². The highest BCUT2D eigenvalue weighted by atomic mass is 16.3. The van der Waals surface area contributed by atoms with Gasteiger partial charge in [0.2, 0.25) is 0 Å². The van der Waals surface area contributed by atoms with Crippen LogP contribution in [0.4, 0.5) is 0 Å². The molecular weight excluding hydrogens is 192 g/mol. The fraction of sp³-hybridized carbons (Fsp3) is 1.00. The molecule has 4 heteroatoms. The van der Waals surface area contributed by atoms with Gasteiger partial charge >= 0.3 is 0 Å². The minimum absolute atomic E-state index is 0.167. The summed E-state index contributed by atoms with van der Waals surface area (Å²) in [5, 5.41) is 18.1. The Morgan fingerprint density at radius 1 is 1.00 bits per heavy atom. The highest BCUT2D eigenvalue weighted by Crippen LogP contribution is 1.69. The molecule has 0 aliphatic heterocycles. The molecule has 0 aromatic heterocycles. The molecule has 3 N–H and O–H groups in total. The number of aliphatic hydroxyl groups is 2. The Kier molecular flexibility index (Phi) is 22.0. The molecule has 96 valence electrons. The minimum atomic E-state index is -0.167. The van der Waals surface area contributed by atoms with Crippen LogP contribution >= 0.6 is 0 Å². The van der Waals surface area contributed by atoms with Crippen molar-refractivity contribution in [2.45, 2.75) is 53.2 Å². The number of rotatable bonds is 3. The van der Waals surface area contributed by atoms with E-state index in [9.17, 15) is 0 Å². The van der Waals surface area contributed by atoms with Crippen molar-refractivity contribution < 1.29 is 10.2 Å². The van der Waals surface area contributed by atoms with Gasteiger partial charge in [-0.2, -0.15) is 0 Å². The third kappa shape index (κ3) is 132. The van der Waals surface area contributed by atoms with Gasteiger partial charge in [0.15, 0.2) is 0 Å². The summed E-state index contributed by atoms with van der Waals surface area (Å²) < 4.78 is 0. The Morgan fingerprint density at radius 2 is 1.27 bits per heavy atom. The summed E-state index contributed by atoms with van der Waals surface area (Å²) in [4.78, 5) is 0. The summed E-state index contributed by atoms with van der Waals surface area (Å²) in [7, 11) is 3.99. The Morgan fingerprint density at radius 3 is 1.33 bits per heavy atom. The second-order valence-corrected chi connectivity index (χ2v) is 3.99. The van der Waals surface area contributed by atoms with Gasteiger partial charge in [-0.25, -0.2) is 0 Å². The van der Waals surface area contributed by atoms with Gasteiger partial charge in [-0.05, 0) is 34.1 Å². The molecule has 0 saturated heterocycles. The molecule has 0 unspecified atom stereocenters. The summed E-state index contributed by atoms with van der Waals surface area (Å²) in [5.41, 5.74) is 3.13. The van der Waals surface area contributed by atoms with Gasteiger partial charge in [0.05, 0.1) is 0 Å². The molecule has 15 heavy (non-hydrogen) atoms. The summed E-state index contributed by atoms with van der Waals surface area (Å²) in [6, 6.07) is 0. The zero-order valence-corrected chi connectivity index (χ0v) is 11.4. The van der Waals surface area contributed by atoms with Crippen molar-refractivity contribution in [1.29, 1.82) is 0 Å². The Labute approximate surface area is 95.3 Å². The van der Waals surface area contributed by atoms with Crippen LogP contribution in [0.2, 0.25) is 0 Å². The standard InChI is InChI=1S/C5H14N2.2C3H8O/c1-4-5-6-7(2)3;2*1-3(2)4/h6H,4-5H2,1-3H3;2*3-4H,1-2H3. The lowest BCUT2D eigenvalue weighted by atomic mass is 10.5. The average Bonchev–Trinajstić information content (AvgIpc) is 1.98. The first-order valence-corrected chi connectivity index (χ1v) is 5.50. The topological polar surface area (TPSA) is 55.7 Å². The zero-order chi connectivity index (χ0) is 12.9. The first-order valence-electron chi connectivity index (χ1n) is 5.50. The number of nitrogens with one attached hydrogen (secondary N) is 1. The summed E-state index contributed by atoms with van der Waals surface area (Å²) in [5.74, 6) is 0. The van der Waals surface area contributed by atoms with E-state index >= 15 is 0 Å². The van der Waals surface area contributed by atoms with E-state index in [4.69, 9.17) is 10.2 Å². The molecule has 0 amide bonds. The van der Waals surface area contributed by atoms with E-state index in [0.717, 1.165) is 6.54 Å². The van der Waals surface area contributed by atoms with Gasteiger partial charge in [0, 0.05) is 32.8 Å². The summed E-state index contributed by atoms with van der Waals surface area (Å²) >= 11 is 0. The van der Waals surface area contributed by atoms with Crippen molar-refractivity contribution in [3.05, 3.63) is 0 Å². The van der Waals surface area contributed by atoms with Crippen molar-refractivity contribution in [2.75, 3.05) is 20.6 Å². The average molecular weight is 222 g/mol. The van der Waals surface area contributed by atoms with Crippen LogP contribution in [0.1, 0.15) is 41.0 Å². The van der Waals surface area contributed by atoms with E-state index in [0.29, 0.717) is 0 Å². The largest absolute Gasteiger partial charge is 0.394 e. The molecule has 4 nitrogen and oxygen atoms in total. The zero-order valence-electron chi connectivity index (χ0n) is 11.4. The van der Waals surface area contributed by atoms with Gasteiger partial charge < -0.3 is 10.2 Å². The van der Waals surface area contributed by atoms with Crippen LogP contribution < -0.4 is 5.43 Å². The van der Waals surface area contributed by atoms with E-state index in [1.807, 2.05) is 19.1 Å². The fourth-order valence-corrected chi connectivity index (χ4v) is 0.335. The van der Waals surface area contributed by atoms with E-state index in [-0.39, 0.29) is 12.2 Å². The van der Waals surface area contributed by atoms with Crippen LogP contribution in [0.15, 0.2) is 0 Å². The van der Waals surface area contributed by atoms with Crippen LogP contribution in [0, 0.1) is 0 Å². The molecule has 0 aliphatic rings. The smallest absolute Gasteiger partial charge is 0.0483 e. The molecule has 0 aliphatic carbocycles. The molecule has 0 spiro atoms. The highest BCUT2D eigenvalue weighted by molar-refractivity contribution is 4.32. The summed E-state index contributed by atoms with van der Waals surface area (Å²) in [6.07, 6.45) is 0.859. The Balaban J connectivity index is -0.000000155. The second-order valence-electron chi connectivity index (χ2n) is 3.99. The van der Waals surface area contributed by atoms with Gasteiger partial charge in [0.25, 0.3) is 0 Å². The van der Waals surface area contributed by atoms with E-state index in [2.05, 4.69) is 12.3 Å². The van der Waals surface area contributed by atoms with Gasteiger partial charge in [-0.3, -0.25) is 10.4 Å². The predicted molar refractivity (Wildman–Crippen MR) is 66.7 cm³/mol.